The Balaban J connectivity index is 2.06. The Kier molecular flexibility index (Phi) is 4.38. The molecule has 0 aromatic heterocycles. The lowest BCUT2D eigenvalue weighted by atomic mass is 10.1. The summed E-state index contributed by atoms with van der Waals surface area (Å²) in [5, 5.41) is -0.366. The molecule has 2 aromatic rings. The van der Waals surface area contributed by atoms with Crippen LogP contribution in [0.3, 0.4) is 0 Å². The minimum absolute atomic E-state index is 0.366. The Hall–Kier alpha value is -1.61. The first kappa shape index (κ1) is 13.8. The Morgan fingerprint density at radius 1 is 0.895 bits per heavy atom. The monoisotopic (exact) mass is 274 g/mol. The smallest absolute Gasteiger partial charge is 0.180 e. The summed E-state index contributed by atoms with van der Waals surface area (Å²) in [5.74, 6) is 0. The van der Waals surface area contributed by atoms with Gasteiger partial charge in [0, 0.05) is 0 Å². The van der Waals surface area contributed by atoms with Crippen molar-refractivity contribution in [3.05, 3.63) is 66.2 Å². The third-order valence-corrected chi connectivity index (χ3v) is 5.51. The van der Waals surface area contributed by atoms with Crippen LogP contribution in [0.15, 0.2) is 65.6 Å². The van der Waals surface area contributed by atoms with Gasteiger partial charge in [0.25, 0.3) is 0 Å². The third-order valence-electron chi connectivity index (χ3n) is 3.28. The van der Waals surface area contributed by atoms with Gasteiger partial charge in [-0.2, -0.15) is 0 Å². The average Bonchev–Trinajstić information content (AvgIpc) is 2.46. The summed E-state index contributed by atoms with van der Waals surface area (Å²) in [4.78, 5) is 0.413. The molecule has 2 aromatic carbocycles. The van der Waals surface area contributed by atoms with Crippen molar-refractivity contribution in [1.82, 2.24) is 0 Å². The van der Waals surface area contributed by atoms with E-state index in [0.717, 1.165) is 6.42 Å². The lowest BCUT2D eigenvalue weighted by Crippen LogP contribution is -2.18. The van der Waals surface area contributed by atoms with E-state index in [-0.39, 0.29) is 5.25 Å². The van der Waals surface area contributed by atoms with E-state index in [1.165, 1.54) is 5.56 Å². The molecule has 0 spiro atoms. The summed E-state index contributed by atoms with van der Waals surface area (Å²) >= 11 is 0. The molecule has 2 rings (SSSR count). The van der Waals surface area contributed by atoms with E-state index >= 15 is 0 Å². The van der Waals surface area contributed by atoms with Crippen molar-refractivity contribution in [1.29, 1.82) is 0 Å². The first-order valence-electron chi connectivity index (χ1n) is 6.43. The molecule has 0 saturated carbocycles. The second kappa shape index (κ2) is 6.02. The molecule has 0 unspecified atom stereocenters. The molecule has 0 bridgehead atoms. The van der Waals surface area contributed by atoms with Crippen LogP contribution in [0.25, 0.3) is 0 Å². The number of rotatable bonds is 5. The van der Waals surface area contributed by atoms with Crippen molar-refractivity contribution < 1.29 is 8.42 Å². The number of hydrogen-bond donors (Lipinski definition) is 0. The molecule has 0 aliphatic rings. The topological polar surface area (TPSA) is 34.1 Å². The summed E-state index contributed by atoms with van der Waals surface area (Å²) in [6.07, 6.45) is 1.43. The van der Waals surface area contributed by atoms with Crippen LogP contribution in [0.5, 0.6) is 0 Å². The van der Waals surface area contributed by atoms with Crippen LogP contribution in [0, 0.1) is 0 Å². The van der Waals surface area contributed by atoms with Crippen LogP contribution < -0.4 is 0 Å². The van der Waals surface area contributed by atoms with E-state index in [4.69, 9.17) is 0 Å². The Bertz CT molecular complexity index is 604. The fourth-order valence-corrected chi connectivity index (χ4v) is 3.44. The molecule has 0 amide bonds. The standard InChI is InChI=1S/C16H18O2S/c1-14(12-13-15-8-4-2-5-9-15)19(17,18)16-10-6-3-7-11-16/h2-11,14H,12-13H2,1H3/t14-/m1/s1. The van der Waals surface area contributed by atoms with Crippen molar-refractivity contribution in [3.63, 3.8) is 0 Å². The predicted octanol–water partition coefficient (Wildman–Crippen LogP) is 3.48. The SMILES string of the molecule is C[C@H](CCc1ccccc1)S(=O)(=O)c1ccccc1. The minimum Gasteiger partial charge on any atom is -0.223 e. The molecule has 0 fully saturated rings. The Labute approximate surface area is 115 Å². The molecule has 1 atom stereocenters. The Morgan fingerprint density at radius 2 is 1.42 bits per heavy atom. The first-order chi connectivity index (χ1) is 9.10. The van der Waals surface area contributed by atoms with Crippen LogP contribution in [-0.2, 0) is 16.3 Å². The Morgan fingerprint density at radius 3 is 2.00 bits per heavy atom. The molecule has 3 heteroatoms. The maximum absolute atomic E-state index is 12.4. The highest BCUT2D eigenvalue weighted by molar-refractivity contribution is 7.92. The average molecular weight is 274 g/mol. The van der Waals surface area contributed by atoms with Gasteiger partial charge in [-0.15, -0.1) is 0 Å². The molecule has 100 valence electrons. The van der Waals surface area contributed by atoms with Gasteiger partial charge in [-0.25, -0.2) is 8.42 Å². The van der Waals surface area contributed by atoms with Gasteiger partial charge in [0.15, 0.2) is 9.84 Å². The van der Waals surface area contributed by atoms with Crippen LogP contribution in [-0.4, -0.2) is 13.7 Å². The highest BCUT2D eigenvalue weighted by Crippen LogP contribution is 2.19. The summed E-state index contributed by atoms with van der Waals surface area (Å²) < 4.78 is 24.7. The molecule has 0 heterocycles. The van der Waals surface area contributed by atoms with Gasteiger partial charge in [-0.1, -0.05) is 48.5 Å². The van der Waals surface area contributed by atoms with Gasteiger partial charge in [0.2, 0.25) is 0 Å². The summed E-state index contributed by atoms with van der Waals surface area (Å²) in [5.41, 5.74) is 1.18. The number of hydrogen-bond acceptors (Lipinski definition) is 2. The van der Waals surface area contributed by atoms with Gasteiger partial charge >= 0.3 is 0 Å². The lowest BCUT2D eigenvalue weighted by molar-refractivity contribution is 0.577. The van der Waals surface area contributed by atoms with E-state index in [1.807, 2.05) is 36.4 Å². The maximum atomic E-state index is 12.4. The first-order valence-corrected chi connectivity index (χ1v) is 7.98. The molecular weight excluding hydrogens is 256 g/mol. The molecule has 0 saturated heterocycles. The van der Waals surface area contributed by atoms with Gasteiger partial charge < -0.3 is 0 Å². The zero-order chi connectivity index (χ0) is 13.7. The normalized spacial score (nSPS) is 13.1. The van der Waals surface area contributed by atoms with E-state index < -0.39 is 9.84 Å². The summed E-state index contributed by atoms with van der Waals surface area (Å²) in [7, 11) is -3.21. The highest BCUT2D eigenvalue weighted by atomic mass is 32.2. The lowest BCUT2D eigenvalue weighted by Gasteiger charge is -2.13. The summed E-state index contributed by atoms with van der Waals surface area (Å²) in [6, 6.07) is 18.7. The molecule has 0 radical (unpaired) electrons. The highest BCUT2D eigenvalue weighted by Gasteiger charge is 2.22. The molecule has 0 aliphatic carbocycles. The molecular formula is C16H18O2S. The quantitative estimate of drug-likeness (QED) is 0.836. The number of aryl methyl sites for hydroxylation is 1. The fraction of sp³-hybridized carbons (Fsp3) is 0.250. The van der Waals surface area contributed by atoms with Crippen molar-refractivity contribution >= 4 is 9.84 Å². The van der Waals surface area contributed by atoms with Crippen molar-refractivity contribution in [2.24, 2.45) is 0 Å². The second-order valence-electron chi connectivity index (χ2n) is 4.69. The fourth-order valence-electron chi connectivity index (χ4n) is 2.01. The largest absolute Gasteiger partial charge is 0.223 e. The van der Waals surface area contributed by atoms with E-state index in [0.29, 0.717) is 11.3 Å². The van der Waals surface area contributed by atoms with Gasteiger partial charge in [-0.05, 0) is 37.5 Å². The van der Waals surface area contributed by atoms with Crippen molar-refractivity contribution in [3.8, 4) is 0 Å². The van der Waals surface area contributed by atoms with Crippen molar-refractivity contribution in [2.75, 3.05) is 0 Å². The molecule has 0 aliphatic heterocycles. The minimum atomic E-state index is -3.21. The van der Waals surface area contributed by atoms with Crippen LogP contribution >= 0.6 is 0 Å². The van der Waals surface area contributed by atoms with E-state index in [1.54, 1.807) is 31.2 Å². The van der Waals surface area contributed by atoms with Gasteiger partial charge in [0.1, 0.15) is 0 Å². The zero-order valence-corrected chi connectivity index (χ0v) is 11.8. The van der Waals surface area contributed by atoms with E-state index in [9.17, 15) is 8.42 Å². The van der Waals surface area contributed by atoms with Crippen LogP contribution in [0.2, 0.25) is 0 Å². The molecule has 2 nitrogen and oxygen atoms in total. The predicted molar refractivity (Wildman–Crippen MR) is 77.9 cm³/mol. The third kappa shape index (κ3) is 3.44. The van der Waals surface area contributed by atoms with Gasteiger partial charge in [0.05, 0.1) is 10.1 Å². The number of sulfone groups is 1. The molecule has 0 N–H and O–H groups in total. The second-order valence-corrected chi connectivity index (χ2v) is 7.06. The number of benzene rings is 2. The maximum Gasteiger partial charge on any atom is 0.180 e. The van der Waals surface area contributed by atoms with Crippen LogP contribution in [0.4, 0.5) is 0 Å². The van der Waals surface area contributed by atoms with Gasteiger partial charge in [-0.3, -0.25) is 0 Å². The van der Waals surface area contributed by atoms with E-state index in [2.05, 4.69) is 0 Å². The zero-order valence-electron chi connectivity index (χ0n) is 11.0. The molecule has 19 heavy (non-hydrogen) atoms. The van der Waals surface area contributed by atoms with Crippen molar-refractivity contribution in [2.45, 2.75) is 29.9 Å². The van der Waals surface area contributed by atoms with Crippen LogP contribution in [0.1, 0.15) is 18.9 Å². The summed E-state index contributed by atoms with van der Waals surface area (Å²) in [6.45, 7) is 1.78.